The molecule has 0 unspecified atom stereocenters. The second kappa shape index (κ2) is 6.44. The van der Waals surface area contributed by atoms with Crippen molar-refractivity contribution in [3.8, 4) is 0 Å². The second-order valence-electron chi connectivity index (χ2n) is 4.78. The summed E-state index contributed by atoms with van der Waals surface area (Å²) in [5.41, 5.74) is 3.00. The Morgan fingerprint density at radius 3 is 2.55 bits per heavy atom. The van der Waals surface area contributed by atoms with Crippen molar-refractivity contribution in [3.63, 3.8) is 0 Å². The Morgan fingerprint density at radius 2 is 1.90 bits per heavy atom. The highest BCUT2D eigenvalue weighted by atomic mass is 35.5. The van der Waals surface area contributed by atoms with Gasteiger partial charge in [-0.05, 0) is 30.7 Å². The van der Waals surface area contributed by atoms with Crippen LogP contribution in [0.1, 0.15) is 11.1 Å². The Balaban J connectivity index is 1.96. The van der Waals surface area contributed by atoms with E-state index in [0.29, 0.717) is 17.3 Å². The number of nitrogens with one attached hydrogen (secondary N) is 1. The quantitative estimate of drug-likeness (QED) is 0.896. The van der Waals surface area contributed by atoms with Crippen LogP contribution < -0.4 is 5.32 Å². The van der Waals surface area contributed by atoms with Gasteiger partial charge in [0.1, 0.15) is 0 Å². The zero-order chi connectivity index (χ0) is 14.5. The van der Waals surface area contributed by atoms with E-state index in [-0.39, 0.29) is 6.03 Å². The molecule has 104 valence electrons. The van der Waals surface area contributed by atoms with Crippen molar-refractivity contribution in [2.45, 2.75) is 13.5 Å². The maximum absolute atomic E-state index is 12.1. The molecule has 2 rings (SSSR count). The lowest BCUT2D eigenvalue weighted by atomic mass is 10.1. The summed E-state index contributed by atoms with van der Waals surface area (Å²) < 4.78 is 0. The summed E-state index contributed by atoms with van der Waals surface area (Å²) in [7, 11) is 1.76. The van der Waals surface area contributed by atoms with Gasteiger partial charge in [0.15, 0.2) is 0 Å². The van der Waals surface area contributed by atoms with Crippen molar-refractivity contribution in [1.82, 2.24) is 4.90 Å². The number of amides is 2. The van der Waals surface area contributed by atoms with Gasteiger partial charge >= 0.3 is 6.03 Å². The van der Waals surface area contributed by atoms with E-state index in [9.17, 15) is 4.79 Å². The van der Waals surface area contributed by atoms with Gasteiger partial charge < -0.3 is 10.2 Å². The van der Waals surface area contributed by atoms with E-state index >= 15 is 0 Å². The third-order valence-corrected chi connectivity index (χ3v) is 3.20. The summed E-state index contributed by atoms with van der Waals surface area (Å²) in [4.78, 5) is 13.7. The number of carbonyl (C=O) groups is 1. The fraction of sp³-hybridized carbons (Fsp3) is 0.188. The number of urea groups is 1. The molecule has 0 saturated heterocycles. The minimum Gasteiger partial charge on any atom is -0.323 e. The lowest BCUT2D eigenvalue weighted by Gasteiger charge is -2.18. The molecule has 0 atom stereocenters. The molecule has 0 aliphatic carbocycles. The van der Waals surface area contributed by atoms with E-state index in [1.807, 2.05) is 37.3 Å². The highest BCUT2D eigenvalue weighted by molar-refractivity contribution is 6.30. The van der Waals surface area contributed by atoms with Gasteiger partial charge in [0.25, 0.3) is 0 Å². The van der Waals surface area contributed by atoms with Crippen molar-refractivity contribution in [2.24, 2.45) is 0 Å². The fourth-order valence-corrected chi connectivity index (χ4v) is 2.01. The van der Waals surface area contributed by atoms with Crippen LogP contribution in [0.3, 0.4) is 0 Å². The number of hydrogen-bond acceptors (Lipinski definition) is 1. The zero-order valence-corrected chi connectivity index (χ0v) is 12.3. The molecule has 0 aromatic heterocycles. The summed E-state index contributed by atoms with van der Waals surface area (Å²) in [6.07, 6.45) is 0. The van der Waals surface area contributed by atoms with Crippen LogP contribution in [-0.2, 0) is 6.54 Å². The summed E-state index contributed by atoms with van der Waals surface area (Å²) in [5, 5.41) is 3.42. The highest BCUT2D eigenvalue weighted by Gasteiger charge is 2.09. The van der Waals surface area contributed by atoms with E-state index in [0.717, 1.165) is 5.56 Å². The molecular weight excluding hydrogens is 272 g/mol. The number of carbonyl (C=O) groups excluding carboxylic acids is 1. The number of halogens is 1. The van der Waals surface area contributed by atoms with Crippen LogP contribution in [0.4, 0.5) is 10.5 Å². The molecule has 20 heavy (non-hydrogen) atoms. The number of benzene rings is 2. The molecule has 0 saturated carbocycles. The number of anilines is 1. The maximum atomic E-state index is 12.1. The summed E-state index contributed by atoms with van der Waals surface area (Å²) in [6, 6.07) is 15.1. The van der Waals surface area contributed by atoms with E-state index in [4.69, 9.17) is 11.6 Å². The number of hydrogen-bond donors (Lipinski definition) is 1. The molecule has 0 fully saturated rings. The van der Waals surface area contributed by atoms with Crippen LogP contribution in [0.2, 0.25) is 5.02 Å². The lowest BCUT2D eigenvalue weighted by Crippen LogP contribution is -2.30. The van der Waals surface area contributed by atoms with Gasteiger partial charge in [-0.1, -0.05) is 47.5 Å². The topological polar surface area (TPSA) is 32.3 Å². The molecule has 0 radical (unpaired) electrons. The molecule has 3 nitrogen and oxygen atoms in total. The van der Waals surface area contributed by atoms with Gasteiger partial charge in [-0.3, -0.25) is 0 Å². The molecule has 2 amide bonds. The molecule has 0 aliphatic heterocycles. The molecule has 0 spiro atoms. The third-order valence-electron chi connectivity index (χ3n) is 2.96. The van der Waals surface area contributed by atoms with Gasteiger partial charge in [0.2, 0.25) is 0 Å². The van der Waals surface area contributed by atoms with Crippen molar-refractivity contribution in [3.05, 3.63) is 64.7 Å². The average molecular weight is 289 g/mol. The van der Waals surface area contributed by atoms with Crippen molar-refractivity contribution in [2.75, 3.05) is 12.4 Å². The maximum Gasteiger partial charge on any atom is 0.321 e. The molecule has 2 aromatic rings. The normalized spacial score (nSPS) is 10.2. The summed E-state index contributed by atoms with van der Waals surface area (Å²) >= 11 is 5.89. The van der Waals surface area contributed by atoms with Crippen LogP contribution in [0.5, 0.6) is 0 Å². The SMILES string of the molecule is Cc1ccc(CN(C)C(=O)Nc2cccc(Cl)c2)cc1. The van der Waals surface area contributed by atoms with E-state index in [2.05, 4.69) is 5.32 Å². The highest BCUT2D eigenvalue weighted by Crippen LogP contribution is 2.15. The van der Waals surface area contributed by atoms with Crippen molar-refractivity contribution in [1.29, 1.82) is 0 Å². The van der Waals surface area contributed by atoms with Gasteiger partial charge in [-0.2, -0.15) is 0 Å². The first-order valence-corrected chi connectivity index (χ1v) is 6.75. The van der Waals surface area contributed by atoms with Crippen molar-refractivity contribution >= 4 is 23.3 Å². The Hall–Kier alpha value is -2.00. The Kier molecular flexibility index (Phi) is 4.64. The number of nitrogens with zero attached hydrogens (tertiary/aromatic N) is 1. The molecule has 4 heteroatoms. The smallest absolute Gasteiger partial charge is 0.321 e. The predicted molar refractivity (Wildman–Crippen MR) is 83.1 cm³/mol. The predicted octanol–water partition coefficient (Wildman–Crippen LogP) is 4.31. The Morgan fingerprint density at radius 1 is 1.20 bits per heavy atom. The molecular formula is C16H17ClN2O. The lowest BCUT2D eigenvalue weighted by molar-refractivity contribution is 0.220. The minimum absolute atomic E-state index is 0.159. The van der Waals surface area contributed by atoms with Gasteiger partial charge in [0.05, 0.1) is 0 Å². The fourth-order valence-electron chi connectivity index (χ4n) is 1.82. The summed E-state index contributed by atoms with van der Waals surface area (Å²) in [6.45, 7) is 2.60. The monoisotopic (exact) mass is 288 g/mol. The van der Waals surface area contributed by atoms with Gasteiger partial charge in [-0.15, -0.1) is 0 Å². The molecule has 0 bridgehead atoms. The second-order valence-corrected chi connectivity index (χ2v) is 5.22. The number of aryl methyl sites for hydroxylation is 1. The first kappa shape index (κ1) is 14.4. The average Bonchev–Trinajstić information content (AvgIpc) is 2.41. The molecule has 0 aliphatic rings. The standard InChI is InChI=1S/C16H17ClN2O/c1-12-6-8-13(9-7-12)11-19(2)16(20)18-15-5-3-4-14(17)10-15/h3-10H,11H2,1-2H3,(H,18,20). The third kappa shape index (κ3) is 4.00. The van der Waals surface area contributed by atoms with Crippen molar-refractivity contribution < 1.29 is 4.79 Å². The largest absolute Gasteiger partial charge is 0.323 e. The molecule has 2 aromatic carbocycles. The molecule has 1 N–H and O–H groups in total. The van der Waals surface area contributed by atoms with Crippen LogP contribution in [0.15, 0.2) is 48.5 Å². The summed E-state index contributed by atoms with van der Waals surface area (Å²) in [5.74, 6) is 0. The Bertz CT molecular complexity index is 596. The van der Waals surface area contributed by atoms with Crippen LogP contribution in [-0.4, -0.2) is 18.0 Å². The Labute approximate surface area is 124 Å². The number of rotatable bonds is 3. The molecule has 0 heterocycles. The van der Waals surface area contributed by atoms with E-state index in [1.54, 1.807) is 30.1 Å². The van der Waals surface area contributed by atoms with Crippen LogP contribution in [0.25, 0.3) is 0 Å². The van der Waals surface area contributed by atoms with E-state index < -0.39 is 0 Å². The van der Waals surface area contributed by atoms with Gasteiger partial charge in [0, 0.05) is 24.3 Å². The van der Waals surface area contributed by atoms with E-state index in [1.165, 1.54) is 5.56 Å². The minimum atomic E-state index is -0.159. The van der Waals surface area contributed by atoms with Crippen LogP contribution >= 0.6 is 11.6 Å². The van der Waals surface area contributed by atoms with Crippen LogP contribution in [0, 0.1) is 6.92 Å². The first-order valence-electron chi connectivity index (χ1n) is 6.38. The zero-order valence-electron chi connectivity index (χ0n) is 11.6. The van der Waals surface area contributed by atoms with Gasteiger partial charge in [-0.25, -0.2) is 4.79 Å². The first-order chi connectivity index (χ1) is 9.54.